The molecule has 0 amide bonds. The van der Waals surface area contributed by atoms with Crippen molar-refractivity contribution in [2.45, 2.75) is 6.92 Å². The number of hydrogen-bond acceptors (Lipinski definition) is 6. The highest BCUT2D eigenvalue weighted by molar-refractivity contribution is 5.64. The Balaban J connectivity index is 2.29. The summed E-state index contributed by atoms with van der Waals surface area (Å²) in [6, 6.07) is 4.56. The summed E-state index contributed by atoms with van der Waals surface area (Å²) in [5.41, 5.74) is 3.76. The van der Waals surface area contributed by atoms with Crippen molar-refractivity contribution in [2.75, 3.05) is 17.9 Å². The SMILES string of the molecule is COc1ccc(Nc2ncnc(NN)c2C)cc1F. The van der Waals surface area contributed by atoms with Gasteiger partial charge in [-0.25, -0.2) is 20.2 Å². The standard InChI is InChI=1S/C12H14FN5O/c1-7-11(15-6-16-12(7)18-14)17-8-3-4-10(19-2)9(13)5-8/h3-6H,14H2,1-2H3,(H2,15,16,17,18). The molecule has 4 N–H and O–H groups in total. The molecular formula is C12H14FN5O. The van der Waals surface area contributed by atoms with Gasteiger partial charge >= 0.3 is 0 Å². The fourth-order valence-electron chi connectivity index (χ4n) is 1.60. The van der Waals surface area contributed by atoms with Gasteiger partial charge in [0.1, 0.15) is 18.0 Å². The molecule has 100 valence electrons. The number of nitrogen functional groups attached to an aromatic ring is 1. The van der Waals surface area contributed by atoms with E-state index in [2.05, 4.69) is 20.7 Å². The van der Waals surface area contributed by atoms with Crippen LogP contribution in [0.15, 0.2) is 24.5 Å². The van der Waals surface area contributed by atoms with E-state index in [0.717, 1.165) is 5.56 Å². The number of nitrogens with one attached hydrogen (secondary N) is 2. The second-order valence-corrected chi connectivity index (χ2v) is 3.81. The number of nitrogens with zero attached hydrogens (tertiary/aromatic N) is 2. The Morgan fingerprint density at radius 3 is 2.63 bits per heavy atom. The van der Waals surface area contributed by atoms with Gasteiger partial charge in [0, 0.05) is 17.3 Å². The van der Waals surface area contributed by atoms with Crippen LogP contribution in [0.2, 0.25) is 0 Å². The van der Waals surface area contributed by atoms with Crippen LogP contribution in [-0.4, -0.2) is 17.1 Å². The molecule has 1 heterocycles. The highest BCUT2D eigenvalue weighted by Crippen LogP contribution is 2.25. The van der Waals surface area contributed by atoms with Crippen molar-refractivity contribution in [1.29, 1.82) is 0 Å². The van der Waals surface area contributed by atoms with Gasteiger partial charge in [-0.15, -0.1) is 0 Å². The van der Waals surface area contributed by atoms with E-state index in [0.29, 0.717) is 17.3 Å². The molecule has 19 heavy (non-hydrogen) atoms. The van der Waals surface area contributed by atoms with Crippen LogP contribution in [0.1, 0.15) is 5.56 Å². The van der Waals surface area contributed by atoms with E-state index in [9.17, 15) is 4.39 Å². The second-order valence-electron chi connectivity index (χ2n) is 3.81. The average Bonchev–Trinajstić information content (AvgIpc) is 2.41. The van der Waals surface area contributed by atoms with Gasteiger partial charge in [0.2, 0.25) is 0 Å². The molecule has 0 saturated heterocycles. The smallest absolute Gasteiger partial charge is 0.167 e. The minimum atomic E-state index is -0.448. The predicted octanol–water partition coefficient (Wildman–Crippen LogP) is 1.96. The van der Waals surface area contributed by atoms with E-state index in [1.54, 1.807) is 13.0 Å². The van der Waals surface area contributed by atoms with Crippen molar-refractivity contribution < 1.29 is 9.13 Å². The number of rotatable bonds is 4. The van der Waals surface area contributed by atoms with Gasteiger partial charge < -0.3 is 15.5 Å². The quantitative estimate of drug-likeness (QED) is 0.577. The van der Waals surface area contributed by atoms with Crippen LogP contribution in [0, 0.1) is 12.7 Å². The Morgan fingerprint density at radius 2 is 2.00 bits per heavy atom. The van der Waals surface area contributed by atoms with Crippen LogP contribution in [0.4, 0.5) is 21.7 Å². The molecule has 2 aromatic rings. The van der Waals surface area contributed by atoms with Crippen LogP contribution in [0.3, 0.4) is 0 Å². The Hall–Kier alpha value is -2.41. The molecule has 0 radical (unpaired) electrons. The normalized spacial score (nSPS) is 10.1. The summed E-state index contributed by atoms with van der Waals surface area (Å²) in [4.78, 5) is 8.05. The van der Waals surface area contributed by atoms with Gasteiger partial charge in [-0.2, -0.15) is 0 Å². The van der Waals surface area contributed by atoms with Gasteiger partial charge in [0.25, 0.3) is 0 Å². The highest BCUT2D eigenvalue weighted by atomic mass is 19.1. The third-order valence-corrected chi connectivity index (χ3v) is 2.64. The zero-order valence-corrected chi connectivity index (χ0v) is 10.6. The molecule has 0 saturated carbocycles. The Kier molecular flexibility index (Phi) is 3.76. The van der Waals surface area contributed by atoms with Crippen molar-refractivity contribution in [3.8, 4) is 5.75 Å². The van der Waals surface area contributed by atoms with Crippen molar-refractivity contribution in [1.82, 2.24) is 9.97 Å². The molecule has 0 aliphatic carbocycles. The fourth-order valence-corrected chi connectivity index (χ4v) is 1.60. The molecule has 7 heteroatoms. The van der Waals surface area contributed by atoms with Crippen LogP contribution in [-0.2, 0) is 0 Å². The number of benzene rings is 1. The lowest BCUT2D eigenvalue weighted by Gasteiger charge is -2.11. The number of ether oxygens (including phenoxy) is 1. The van der Waals surface area contributed by atoms with Crippen molar-refractivity contribution in [3.63, 3.8) is 0 Å². The molecule has 1 aromatic carbocycles. The molecule has 0 spiro atoms. The molecule has 0 bridgehead atoms. The lowest BCUT2D eigenvalue weighted by molar-refractivity contribution is 0.386. The van der Waals surface area contributed by atoms with Crippen LogP contribution < -0.4 is 21.3 Å². The minimum absolute atomic E-state index is 0.189. The number of methoxy groups -OCH3 is 1. The molecule has 0 aliphatic rings. The number of anilines is 3. The summed E-state index contributed by atoms with van der Waals surface area (Å²) < 4.78 is 18.4. The third kappa shape index (κ3) is 2.71. The maximum absolute atomic E-state index is 13.6. The number of halogens is 1. The second kappa shape index (κ2) is 5.49. The van der Waals surface area contributed by atoms with E-state index in [1.807, 2.05) is 0 Å². The Labute approximate surface area is 109 Å². The van der Waals surface area contributed by atoms with E-state index >= 15 is 0 Å². The zero-order chi connectivity index (χ0) is 13.8. The molecule has 1 aromatic heterocycles. The first kappa shape index (κ1) is 13.0. The van der Waals surface area contributed by atoms with Crippen molar-refractivity contribution >= 4 is 17.3 Å². The third-order valence-electron chi connectivity index (χ3n) is 2.64. The molecule has 0 atom stereocenters. The van der Waals surface area contributed by atoms with Gasteiger partial charge in [-0.05, 0) is 19.1 Å². The molecule has 6 nitrogen and oxygen atoms in total. The Bertz CT molecular complexity index is 590. The van der Waals surface area contributed by atoms with Crippen LogP contribution >= 0.6 is 0 Å². The molecule has 2 rings (SSSR count). The van der Waals surface area contributed by atoms with E-state index in [1.165, 1.54) is 25.6 Å². The lowest BCUT2D eigenvalue weighted by Crippen LogP contribution is -2.11. The largest absolute Gasteiger partial charge is 0.494 e. The van der Waals surface area contributed by atoms with Gasteiger partial charge in [-0.1, -0.05) is 0 Å². The zero-order valence-electron chi connectivity index (χ0n) is 10.6. The van der Waals surface area contributed by atoms with Crippen LogP contribution in [0.25, 0.3) is 0 Å². The number of hydrogen-bond donors (Lipinski definition) is 3. The first-order chi connectivity index (χ1) is 9.15. The first-order valence-electron chi connectivity index (χ1n) is 5.54. The first-order valence-corrected chi connectivity index (χ1v) is 5.54. The van der Waals surface area contributed by atoms with Gasteiger partial charge in [0.15, 0.2) is 11.6 Å². The summed E-state index contributed by atoms with van der Waals surface area (Å²) >= 11 is 0. The summed E-state index contributed by atoms with van der Waals surface area (Å²) in [6.07, 6.45) is 1.37. The topological polar surface area (TPSA) is 85.1 Å². The van der Waals surface area contributed by atoms with E-state index in [-0.39, 0.29) is 5.75 Å². The van der Waals surface area contributed by atoms with Gasteiger partial charge in [-0.3, -0.25) is 0 Å². The maximum Gasteiger partial charge on any atom is 0.167 e. The van der Waals surface area contributed by atoms with E-state index < -0.39 is 5.82 Å². The number of nitrogens with two attached hydrogens (primary N) is 1. The lowest BCUT2D eigenvalue weighted by atomic mass is 10.2. The molecule has 0 aliphatic heterocycles. The van der Waals surface area contributed by atoms with Crippen molar-refractivity contribution in [2.24, 2.45) is 5.84 Å². The van der Waals surface area contributed by atoms with E-state index in [4.69, 9.17) is 10.6 Å². The number of hydrazine groups is 1. The minimum Gasteiger partial charge on any atom is -0.494 e. The van der Waals surface area contributed by atoms with Gasteiger partial charge in [0.05, 0.1) is 7.11 Å². The summed E-state index contributed by atoms with van der Waals surface area (Å²) in [6.45, 7) is 1.80. The van der Waals surface area contributed by atoms with Crippen molar-refractivity contribution in [3.05, 3.63) is 35.9 Å². The maximum atomic E-state index is 13.6. The highest BCUT2D eigenvalue weighted by Gasteiger charge is 2.08. The fraction of sp³-hybridized carbons (Fsp3) is 0.167. The summed E-state index contributed by atoms with van der Waals surface area (Å²) in [5, 5.41) is 3.00. The Morgan fingerprint density at radius 1 is 1.26 bits per heavy atom. The average molecular weight is 263 g/mol. The molecule has 0 fully saturated rings. The number of aromatic nitrogens is 2. The monoisotopic (exact) mass is 263 g/mol. The summed E-state index contributed by atoms with van der Waals surface area (Å²) in [7, 11) is 1.42. The summed E-state index contributed by atoms with van der Waals surface area (Å²) in [5.74, 6) is 6.13. The van der Waals surface area contributed by atoms with Crippen LogP contribution in [0.5, 0.6) is 5.75 Å². The molecule has 0 unspecified atom stereocenters. The predicted molar refractivity (Wildman–Crippen MR) is 70.8 cm³/mol. The molecular weight excluding hydrogens is 249 g/mol.